The van der Waals surface area contributed by atoms with Gasteiger partial charge >= 0.3 is 12.5 Å². The standard InChI is InChI=1S/C14H17F4NO/c15-13(16)14(17,18)20-11-7-3-6-10(8-11)12(19)9-4-1-2-5-9/h3,6-9,12-13H,1-2,4-5,19H2/t12-/m1/s1. The molecule has 2 nitrogen and oxygen atoms in total. The monoisotopic (exact) mass is 291 g/mol. The van der Waals surface area contributed by atoms with Crippen LogP contribution >= 0.6 is 0 Å². The van der Waals surface area contributed by atoms with E-state index in [1.165, 1.54) is 18.2 Å². The van der Waals surface area contributed by atoms with E-state index in [2.05, 4.69) is 4.74 Å². The van der Waals surface area contributed by atoms with Crippen LogP contribution in [0.15, 0.2) is 24.3 Å². The van der Waals surface area contributed by atoms with E-state index >= 15 is 0 Å². The summed E-state index contributed by atoms with van der Waals surface area (Å²) in [4.78, 5) is 0. The summed E-state index contributed by atoms with van der Waals surface area (Å²) in [5, 5.41) is 0. The van der Waals surface area contributed by atoms with Gasteiger partial charge in [-0.3, -0.25) is 0 Å². The lowest BCUT2D eigenvalue weighted by Crippen LogP contribution is -2.33. The molecule has 2 rings (SSSR count). The molecule has 1 aliphatic carbocycles. The molecule has 1 saturated carbocycles. The molecule has 1 aliphatic rings. The van der Waals surface area contributed by atoms with Crippen LogP contribution in [0.3, 0.4) is 0 Å². The van der Waals surface area contributed by atoms with Gasteiger partial charge < -0.3 is 10.5 Å². The second-order valence-electron chi connectivity index (χ2n) is 5.11. The Hall–Kier alpha value is -1.30. The number of benzene rings is 1. The fourth-order valence-electron chi connectivity index (χ4n) is 2.58. The highest BCUT2D eigenvalue weighted by atomic mass is 19.3. The molecule has 112 valence electrons. The Kier molecular flexibility index (Phi) is 4.52. The Labute approximate surface area is 114 Å². The normalized spacial score (nSPS) is 18.5. The summed E-state index contributed by atoms with van der Waals surface area (Å²) in [5.74, 6) is 0.0158. The molecule has 20 heavy (non-hydrogen) atoms. The number of nitrogens with two attached hydrogens (primary N) is 1. The maximum Gasteiger partial charge on any atom is 0.461 e. The summed E-state index contributed by atoms with van der Waals surface area (Å²) in [7, 11) is 0. The predicted octanol–water partition coefficient (Wildman–Crippen LogP) is 4.11. The van der Waals surface area contributed by atoms with Crippen molar-refractivity contribution in [3.8, 4) is 5.75 Å². The van der Waals surface area contributed by atoms with E-state index in [0.29, 0.717) is 11.5 Å². The third-order valence-corrected chi connectivity index (χ3v) is 3.66. The minimum absolute atomic E-state index is 0.277. The summed E-state index contributed by atoms with van der Waals surface area (Å²) in [6, 6.07) is 5.46. The molecular formula is C14H17F4NO. The molecule has 0 radical (unpaired) electrons. The van der Waals surface area contributed by atoms with Crippen LogP contribution in [0.5, 0.6) is 5.75 Å². The topological polar surface area (TPSA) is 35.2 Å². The van der Waals surface area contributed by atoms with E-state index in [1.54, 1.807) is 6.07 Å². The van der Waals surface area contributed by atoms with Crippen LogP contribution in [-0.4, -0.2) is 12.5 Å². The highest BCUT2D eigenvalue weighted by Crippen LogP contribution is 2.36. The molecule has 1 aromatic carbocycles. The molecule has 2 N–H and O–H groups in total. The van der Waals surface area contributed by atoms with Gasteiger partial charge in [-0.2, -0.15) is 17.6 Å². The molecule has 6 heteroatoms. The van der Waals surface area contributed by atoms with E-state index in [4.69, 9.17) is 5.73 Å². The lowest BCUT2D eigenvalue weighted by Gasteiger charge is -2.21. The zero-order valence-electron chi connectivity index (χ0n) is 10.9. The lowest BCUT2D eigenvalue weighted by atomic mass is 9.92. The first kappa shape index (κ1) is 15.1. The second-order valence-corrected chi connectivity index (χ2v) is 5.11. The van der Waals surface area contributed by atoms with Crippen molar-refractivity contribution in [2.75, 3.05) is 0 Å². The maximum absolute atomic E-state index is 12.9. The summed E-state index contributed by atoms with van der Waals surface area (Å²) in [6.45, 7) is 0. The number of hydrogen-bond acceptors (Lipinski definition) is 2. The first-order valence-corrected chi connectivity index (χ1v) is 6.60. The van der Waals surface area contributed by atoms with Crippen molar-refractivity contribution >= 4 is 0 Å². The van der Waals surface area contributed by atoms with Gasteiger partial charge in [-0.1, -0.05) is 25.0 Å². The molecule has 1 atom stereocenters. The van der Waals surface area contributed by atoms with Crippen LogP contribution < -0.4 is 10.5 Å². The van der Waals surface area contributed by atoms with Crippen LogP contribution in [0.4, 0.5) is 17.6 Å². The van der Waals surface area contributed by atoms with Crippen LogP contribution in [0.1, 0.15) is 37.3 Å². The molecule has 0 saturated heterocycles. The molecule has 0 spiro atoms. The summed E-state index contributed by atoms with van der Waals surface area (Å²) < 4.78 is 54.0. The van der Waals surface area contributed by atoms with Gasteiger partial charge in [0.05, 0.1) is 0 Å². The zero-order chi connectivity index (χ0) is 14.8. The first-order chi connectivity index (χ1) is 9.40. The van der Waals surface area contributed by atoms with Gasteiger partial charge in [0.15, 0.2) is 0 Å². The largest absolute Gasteiger partial charge is 0.461 e. The highest BCUT2D eigenvalue weighted by molar-refractivity contribution is 5.31. The van der Waals surface area contributed by atoms with E-state index in [1.807, 2.05) is 0 Å². The van der Waals surface area contributed by atoms with Crippen LogP contribution in [0, 0.1) is 5.92 Å². The van der Waals surface area contributed by atoms with Gasteiger partial charge in [-0.15, -0.1) is 0 Å². The quantitative estimate of drug-likeness (QED) is 0.828. The van der Waals surface area contributed by atoms with Crippen LogP contribution in [0.25, 0.3) is 0 Å². The van der Waals surface area contributed by atoms with Gasteiger partial charge in [0.2, 0.25) is 0 Å². The van der Waals surface area contributed by atoms with Crippen molar-refractivity contribution in [2.45, 2.75) is 44.3 Å². The molecular weight excluding hydrogens is 274 g/mol. The maximum atomic E-state index is 12.9. The minimum atomic E-state index is -4.49. The third kappa shape index (κ3) is 3.42. The average Bonchev–Trinajstić information content (AvgIpc) is 2.91. The van der Waals surface area contributed by atoms with Gasteiger partial charge in [0, 0.05) is 6.04 Å². The van der Waals surface area contributed by atoms with E-state index in [0.717, 1.165) is 25.7 Å². The minimum Gasteiger partial charge on any atom is -0.428 e. The van der Waals surface area contributed by atoms with Crippen LogP contribution in [0.2, 0.25) is 0 Å². The number of halogens is 4. The molecule has 1 fully saturated rings. The Morgan fingerprint density at radius 2 is 1.85 bits per heavy atom. The fraction of sp³-hybridized carbons (Fsp3) is 0.571. The van der Waals surface area contributed by atoms with E-state index < -0.39 is 12.5 Å². The number of hydrogen-bond donors (Lipinski definition) is 1. The summed E-state index contributed by atoms with van der Waals surface area (Å²) >= 11 is 0. The number of alkyl halides is 4. The van der Waals surface area contributed by atoms with Gasteiger partial charge in [-0.25, -0.2) is 0 Å². The van der Waals surface area contributed by atoms with Crippen molar-refractivity contribution in [2.24, 2.45) is 11.7 Å². The molecule has 0 unspecified atom stereocenters. The molecule has 0 aromatic heterocycles. The second kappa shape index (κ2) is 5.99. The Morgan fingerprint density at radius 1 is 1.20 bits per heavy atom. The first-order valence-electron chi connectivity index (χ1n) is 6.60. The predicted molar refractivity (Wildman–Crippen MR) is 66.9 cm³/mol. The molecule has 0 amide bonds. The summed E-state index contributed by atoms with van der Waals surface area (Å²) in [5.41, 5.74) is 6.74. The Bertz CT molecular complexity index is 447. The van der Waals surface area contributed by atoms with Crippen LogP contribution in [-0.2, 0) is 0 Å². The van der Waals surface area contributed by atoms with Crippen molar-refractivity contribution < 1.29 is 22.3 Å². The lowest BCUT2D eigenvalue weighted by molar-refractivity contribution is -0.253. The SMILES string of the molecule is N[C@@H](c1cccc(OC(F)(F)C(F)F)c1)C1CCCC1. The highest BCUT2D eigenvalue weighted by Gasteiger charge is 2.44. The van der Waals surface area contributed by atoms with Crippen molar-refractivity contribution in [1.82, 2.24) is 0 Å². The fourth-order valence-corrected chi connectivity index (χ4v) is 2.58. The number of rotatable bonds is 5. The van der Waals surface area contributed by atoms with E-state index in [-0.39, 0.29) is 11.8 Å². The molecule has 0 aliphatic heterocycles. The summed E-state index contributed by atoms with van der Waals surface area (Å²) in [6.07, 6.45) is -4.14. The van der Waals surface area contributed by atoms with Gasteiger partial charge in [0.25, 0.3) is 0 Å². The van der Waals surface area contributed by atoms with Crippen molar-refractivity contribution in [3.63, 3.8) is 0 Å². The molecule has 1 aromatic rings. The molecule has 0 bridgehead atoms. The van der Waals surface area contributed by atoms with E-state index in [9.17, 15) is 17.6 Å². The van der Waals surface area contributed by atoms with Gasteiger partial charge in [0.1, 0.15) is 5.75 Å². The van der Waals surface area contributed by atoms with Gasteiger partial charge in [-0.05, 0) is 36.5 Å². The third-order valence-electron chi connectivity index (χ3n) is 3.66. The Balaban J connectivity index is 2.11. The average molecular weight is 291 g/mol. The smallest absolute Gasteiger partial charge is 0.428 e. The molecule has 0 heterocycles. The van der Waals surface area contributed by atoms with Crippen molar-refractivity contribution in [3.05, 3.63) is 29.8 Å². The zero-order valence-corrected chi connectivity index (χ0v) is 10.9. The number of ether oxygens (including phenoxy) is 1. The Morgan fingerprint density at radius 3 is 2.45 bits per heavy atom. The van der Waals surface area contributed by atoms with Crippen molar-refractivity contribution in [1.29, 1.82) is 0 Å².